The molecule has 0 bridgehead atoms. The summed E-state index contributed by atoms with van der Waals surface area (Å²) >= 11 is 0. The SMILES string of the molecule is O=C(CCc1nc(-c2ccc(OCC(F)(F)F)cc2)no1)NCCCNC1=C2C=CC=CC2C(=O)N=N1. The number of hydrogen-bond donors (Lipinski definition) is 2. The average Bonchev–Trinajstić information content (AvgIpc) is 3.36. The molecule has 1 aliphatic heterocycles. The van der Waals surface area contributed by atoms with Crippen molar-refractivity contribution in [2.45, 2.75) is 25.4 Å². The maximum atomic E-state index is 12.2. The number of rotatable bonds is 11. The fourth-order valence-electron chi connectivity index (χ4n) is 3.51. The second-order valence-electron chi connectivity index (χ2n) is 8.13. The van der Waals surface area contributed by atoms with Crippen molar-refractivity contribution in [3.05, 3.63) is 65.9 Å². The highest BCUT2D eigenvalue weighted by molar-refractivity contribution is 5.86. The van der Waals surface area contributed by atoms with Gasteiger partial charge in [0.25, 0.3) is 5.91 Å². The number of halogens is 3. The van der Waals surface area contributed by atoms with E-state index in [1.54, 1.807) is 12.2 Å². The van der Waals surface area contributed by atoms with Crippen LogP contribution in [0, 0.1) is 5.92 Å². The van der Waals surface area contributed by atoms with Crippen LogP contribution in [0.1, 0.15) is 18.7 Å². The molecule has 2 N–H and O–H groups in total. The van der Waals surface area contributed by atoms with Crippen LogP contribution in [-0.4, -0.2) is 47.8 Å². The van der Waals surface area contributed by atoms with Gasteiger partial charge >= 0.3 is 6.18 Å². The van der Waals surface area contributed by atoms with Gasteiger partial charge in [0.1, 0.15) is 5.75 Å². The van der Waals surface area contributed by atoms with Crippen molar-refractivity contribution in [1.29, 1.82) is 0 Å². The zero-order valence-corrected chi connectivity index (χ0v) is 19.5. The second kappa shape index (κ2) is 11.6. The Hall–Kier alpha value is -4.29. The first-order valence-corrected chi connectivity index (χ1v) is 11.5. The Morgan fingerprint density at radius 3 is 2.70 bits per heavy atom. The highest BCUT2D eigenvalue weighted by atomic mass is 19.4. The van der Waals surface area contributed by atoms with Gasteiger partial charge in [-0.1, -0.05) is 29.5 Å². The van der Waals surface area contributed by atoms with E-state index in [0.717, 1.165) is 5.57 Å². The molecule has 2 aromatic rings. The minimum atomic E-state index is -4.42. The second-order valence-corrected chi connectivity index (χ2v) is 8.13. The van der Waals surface area contributed by atoms with Gasteiger partial charge in [-0.05, 0) is 30.7 Å². The minimum absolute atomic E-state index is 0.0689. The zero-order chi connectivity index (χ0) is 26.3. The first-order chi connectivity index (χ1) is 17.8. The molecule has 1 unspecified atom stereocenters. The molecule has 1 aliphatic carbocycles. The maximum Gasteiger partial charge on any atom is 0.422 e. The Morgan fingerprint density at radius 2 is 1.92 bits per heavy atom. The summed E-state index contributed by atoms with van der Waals surface area (Å²) < 4.78 is 46.6. The molecule has 2 aliphatic rings. The number of benzene rings is 1. The number of fused-ring (bicyclic) bond motifs is 1. The van der Waals surface area contributed by atoms with E-state index in [9.17, 15) is 22.8 Å². The summed E-state index contributed by atoms with van der Waals surface area (Å²) in [7, 11) is 0. The first-order valence-electron chi connectivity index (χ1n) is 11.5. The van der Waals surface area contributed by atoms with Crippen molar-refractivity contribution >= 4 is 11.8 Å². The predicted molar refractivity (Wildman–Crippen MR) is 124 cm³/mol. The van der Waals surface area contributed by atoms with E-state index >= 15 is 0 Å². The van der Waals surface area contributed by atoms with E-state index in [1.165, 1.54) is 24.3 Å². The molecule has 1 aromatic carbocycles. The number of nitrogens with zero attached hydrogens (tertiary/aromatic N) is 4. The van der Waals surface area contributed by atoms with E-state index in [-0.39, 0.29) is 42.1 Å². The van der Waals surface area contributed by atoms with Gasteiger partial charge in [0.15, 0.2) is 12.4 Å². The molecule has 194 valence electrons. The van der Waals surface area contributed by atoms with Crippen molar-refractivity contribution < 1.29 is 32.0 Å². The Labute approximate surface area is 209 Å². The van der Waals surface area contributed by atoms with Crippen LogP contribution >= 0.6 is 0 Å². The molecule has 0 saturated carbocycles. The summed E-state index contributed by atoms with van der Waals surface area (Å²) in [5, 5.41) is 17.4. The summed E-state index contributed by atoms with van der Waals surface area (Å²) in [5.41, 5.74) is 1.31. The minimum Gasteiger partial charge on any atom is -0.484 e. The van der Waals surface area contributed by atoms with Crippen LogP contribution in [0.15, 0.2) is 74.7 Å². The molecule has 13 heteroatoms. The summed E-state index contributed by atoms with van der Waals surface area (Å²) in [6.45, 7) is -0.411. The smallest absolute Gasteiger partial charge is 0.422 e. The molecule has 0 spiro atoms. The van der Waals surface area contributed by atoms with Gasteiger partial charge < -0.3 is 19.9 Å². The molecule has 1 aromatic heterocycles. The lowest BCUT2D eigenvalue weighted by Gasteiger charge is -2.20. The normalized spacial score (nSPS) is 16.6. The molecule has 2 amide bonds. The number of ether oxygens (including phenoxy) is 1. The number of amides is 2. The quantitative estimate of drug-likeness (QED) is 0.436. The first kappa shape index (κ1) is 25.8. The monoisotopic (exact) mass is 516 g/mol. The lowest BCUT2D eigenvalue weighted by molar-refractivity contribution is -0.153. The van der Waals surface area contributed by atoms with E-state index in [4.69, 9.17) is 4.52 Å². The third-order valence-electron chi connectivity index (χ3n) is 5.33. The molecule has 1 atom stereocenters. The molecule has 37 heavy (non-hydrogen) atoms. The van der Waals surface area contributed by atoms with Crippen LogP contribution in [0.25, 0.3) is 11.4 Å². The summed E-state index contributed by atoms with van der Waals surface area (Å²) in [4.78, 5) is 28.2. The number of nitrogens with one attached hydrogen (secondary N) is 2. The average molecular weight is 516 g/mol. The van der Waals surface area contributed by atoms with Crippen molar-refractivity contribution in [3.8, 4) is 17.1 Å². The van der Waals surface area contributed by atoms with Crippen LogP contribution in [0.5, 0.6) is 5.75 Å². The maximum absolute atomic E-state index is 12.2. The van der Waals surface area contributed by atoms with Crippen molar-refractivity contribution in [2.75, 3.05) is 19.7 Å². The summed E-state index contributed by atoms with van der Waals surface area (Å²) in [6, 6.07) is 5.81. The van der Waals surface area contributed by atoms with E-state index in [0.29, 0.717) is 30.9 Å². The third kappa shape index (κ3) is 7.35. The highest BCUT2D eigenvalue weighted by Crippen LogP contribution is 2.27. The van der Waals surface area contributed by atoms with Crippen LogP contribution < -0.4 is 15.4 Å². The van der Waals surface area contributed by atoms with Gasteiger partial charge in [-0.2, -0.15) is 18.2 Å². The van der Waals surface area contributed by atoms with Gasteiger partial charge in [0, 0.05) is 37.1 Å². The van der Waals surface area contributed by atoms with E-state index in [1.807, 2.05) is 12.2 Å². The van der Waals surface area contributed by atoms with Crippen LogP contribution in [0.2, 0.25) is 0 Å². The number of allylic oxidation sites excluding steroid dienone is 3. The van der Waals surface area contributed by atoms with Gasteiger partial charge in [-0.3, -0.25) is 9.59 Å². The predicted octanol–water partition coefficient (Wildman–Crippen LogP) is 3.65. The summed E-state index contributed by atoms with van der Waals surface area (Å²) in [6.07, 6.45) is 3.83. The van der Waals surface area contributed by atoms with Crippen LogP contribution in [0.3, 0.4) is 0 Å². The van der Waals surface area contributed by atoms with Crippen LogP contribution in [0.4, 0.5) is 13.2 Å². The zero-order valence-electron chi connectivity index (χ0n) is 19.5. The number of azo groups is 1. The molecular formula is C24H23F3N6O4. The van der Waals surface area contributed by atoms with Gasteiger partial charge in [-0.25, -0.2) is 0 Å². The molecule has 4 rings (SSSR count). The van der Waals surface area contributed by atoms with Gasteiger partial charge in [0.2, 0.25) is 17.6 Å². The summed E-state index contributed by atoms with van der Waals surface area (Å²) in [5.74, 6) is 0.244. The Bertz CT molecular complexity index is 1250. The lowest BCUT2D eigenvalue weighted by atomic mass is 9.93. The number of carbonyl (C=O) groups is 2. The number of hydrogen-bond acceptors (Lipinski definition) is 8. The number of carbonyl (C=O) groups excluding carboxylic acids is 2. The molecule has 2 heterocycles. The van der Waals surface area contributed by atoms with Crippen LogP contribution in [-0.2, 0) is 16.0 Å². The molecule has 0 fully saturated rings. The highest BCUT2D eigenvalue weighted by Gasteiger charge is 2.28. The topological polar surface area (TPSA) is 131 Å². The van der Waals surface area contributed by atoms with E-state index in [2.05, 4.69) is 35.7 Å². The molecule has 0 radical (unpaired) electrons. The number of aryl methyl sites for hydroxylation is 1. The fraction of sp³-hybridized carbons (Fsp3) is 0.333. The Kier molecular flexibility index (Phi) is 8.11. The van der Waals surface area contributed by atoms with Crippen molar-refractivity contribution in [3.63, 3.8) is 0 Å². The number of aromatic nitrogens is 2. The van der Waals surface area contributed by atoms with Gasteiger partial charge in [0.05, 0.1) is 5.92 Å². The lowest BCUT2D eigenvalue weighted by Crippen LogP contribution is -2.28. The standard InChI is InChI=1S/C24H23F3N6O4/c25-24(26,27)14-36-16-8-6-15(7-9-16)21-30-20(37-33-21)11-10-19(34)28-12-3-13-29-22-17-4-1-2-5-18(17)23(35)32-31-22/h1-2,4-9,18,29H,3,10-14H2,(H,28,34). The fourth-order valence-corrected chi connectivity index (χ4v) is 3.51. The molecule has 0 saturated heterocycles. The largest absolute Gasteiger partial charge is 0.484 e. The Morgan fingerprint density at radius 1 is 1.11 bits per heavy atom. The van der Waals surface area contributed by atoms with Crippen molar-refractivity contribution in [1.82, 2.24) is 20.8 Å². The third-order valence-corrected chi connectivity index (χ3v) is 5.33. The van der Waals surface area contributed by atoms with Gasteiger partial charge in [-0.15, -0.1) is 10.2 Å². The molecular weight excluding hydrogens is 493 g/mol. The number of alkyl halides is 3. The van der Waals surface area contributed by atoms with Crippen molar-refractivity contribution in [2.24, 2.45) is 16.1 Å². The molecule has 10 nitrogen and oxygen atoms in total. The Balaban J connectivity index is 1.15. The van der Waals surface area contributed by atoms with E-state index < -0.39 is 18.7 Å².